The van der Waals surface area contributed by atoms with E-state index in [2.05, 4.69) is 20.4 Å². The largest absolute Gasteiger partial charge is 0.312 e. The molecule has 1 saturated heterocycles. The maximum Gasteiger partial charge on any atom is 0.0916 e. The Hall–Kier alpha value is -1.75. The minimum absolute atomic E-state index is 0.560. The Balaban J connectivity index is 1.74. The molecule has 0 bridgehead atoms. The van der Waals surface area contributed by atoms with Gasteiger partial charge in [0.2, 0.25) is 0 Å². The summed E-state index contributed by atoms with van der Waals surface area (Å²) in [5.74, 6) is 0. The fourth-order valence-electron chi connectivity index (χ4n) is 2.18. The van der Waals surface area contributed by atoms with Crippen molar-refractivity contribution in [1.29, 1.82) is 0 Å². The van der Waals surface area contributed by atoms with Gasteiger partial charge in [-0.15, -0.1) is 0 Å². The standard InChI is InChI=1S/C12H15N5/c1-2-11(14-3-1)9-17-8-10(6-16-17)12-7-13-4-5-15-12/h4-8,11,14H,1-3,9H2/t11-/m1/s1. The molecular formula is C12H15N5. The molecule has 2 aromatic heterocycles. The summed E-state index contributed by atoms with van der Waals surface area (Å²) >= 11 is 0. The molecule has 1 fully saturated rings. The Kier molecular flexibility index (Phi) is 2.83. The maximum atomic E-state index is 4.36. The molecule has 0 saturated carbocycles. The van der Waals surface area contributed by atoms with Crippen LogP contribution in [-0.2, 0) is 6.54 Å². The van der Waals surface area contributed by atoms with Crippen LogP contribution in [0, 0.1) is 0 Å². The summed E-state index contributed by atoms with van der Waals surface area (Å²) in [6, 6.07) is 0.560. The van der Waals surface area contributed by atoms with Gasteiger partial charge in [0.25, 0.3) is 0 Å². The molecule has 2 aromatic rings. The van der Waals surface area contributed by atoms with Crippen LogP contribution in [0.5, 0.6) is 0 Å². The fourth-order valence-corrected chi connectivity index (χ4v) is 2.18. The number of hydrogen-bond donors (Lipinski definition) is 1. The van der Waals surface area contributed by atoms with Crippen LogP contribution >= 0.6 is 0 Å². The van der Waals surface area contributed by atoms with Gasteiger partial charge in [-0.1, -0.05) is 0 Å². The van der Waals surface area contributed by atoms with Gasteiger partial charge in [-0.05, 0) is 19.4 Å². The molecule has 5 nitrogen and oxygen atoms in total. The van der Waals surface area contributed by atoms with Crippen LogP contribution in [0.4, 0.5) is 0 Å². The normalized spacial score (nSPS) is 19.6. The molecule has 0 unspecified atom stereocenters. The van der Waals surface area contributed by atoms with Gasteiger partial charge >= 0.3 is 0 Å². The first-order valence-corrected chi connectivity index (χ1v) is 5.94. The van der Waals surface area contributed by atoms with Crippen molar-refractivity contribution in [2.75, 3.05) is 6.54 Å². The summed E-state index contributed by atoms with van der Waals surface area (Å²) in [4.78, 5) is 8.32. The molecule has 1 aliphatic rings. The molecule has 88 valence electrons. The van der Waals surface area contributed by atoms with E-state index in [1.807, 2.05) is 17.1 Å². The SMILES string of the molecule is c1cnc(-c2cnn(C[C@H]3CCCN3)c2)cn1. The van der Waals surface area contributed by atoms with Crippen molar-refractivity contribution in [3.8, 4) is 11.3 Å². The molecule has 3 rings (SSSR count). The van der Waals surface area contributed by atoms with Crippen LogP contribution in [0.2, 0.25) is 0 Å². The second-order valence-corrected chi connectivity index (χ2v) is 4.33. The first-order valence-electron chi connectivity index (χ1n) is 5.94. The van der Waals surface area contributed by atoms with E-state index >= 15 is 0 Å². The van der Waals surface area contributed by atoms with E-state index in [9.17, 15) is 0 Å². The van der Waals surface area contributed by atoms with Gasteiger partial charge in [-0.25, -0.2) is 0 Å². The zero-order chi connectivity index (χ0) is 11.5. The third-order valence-electron chi connectivity index (χ3n) is 3.06. The Bertz CT molecular complexity index is 473. The Morgan fingerprint density at radius 2 is 2.35 bits per heavy atom. The van der Waals surface area contributed by atoms with Crippen molar-refractivity contribution in [1.82, 2.24) is 25.1 Å². The van der Waals surface area contributed by atoms with Crippen molar-refractivity contribution in [2.24, 2.45) is 0 Å². The highest BCUT2D eigenvalue weighted by Gasteiger charge is 2.15. The lowest BCUT2D eigenvalue weighted by molar-refractivity contribution is 0.476. The Morgan fingerprint density at radius 1 is 1.35 bits per heavy atom. The molecule has 0 radical (unpaired) electrons. The molecule has 0 spiro atoms. The predicted molar refractivity (Wildman–Crippen MR) is 64.3 cm³/mol. The Labute approximate surface area is 99.9 Å². The lowest BCUT2D eigenvalue weighted by atomic mass is 10.2. The van der Waals surface area contributed by atoms with E-state index < -0.39 is 0 Å². The quantitative estimate of drug-likeness (QED) is 0.856. The monoisotopic (exact) mass is 229 g/mol. The summed E-state index contributed by atoms with van der Waals surface area (Å²) in [7, 11) is 0. The van der Waals surface area contributed by atoms with Crippen LogP contribution in [0.25, 0.3) is 11.3 Å². The van der Waals surface area contributed by atoms with Gasteiger partial charge in [-0.2, -0.15) is 5.10 Å². The van der Waals surface area contributed by atoms with Gasteiger partial charge < -0.3 is 5.32 Å². The third-order valence-corrected chi connectivity index (χ3v) is 3.06. The van der Waals surface area contributed by atoms with Crippen LogP contribution in [-0.4, -0.2) is 32.3 Å². The minimum atomic E-state index is 0.560. The molecule has 0 aliphatic carbocycles. The zero-order valence-electron chi connectivity index (χ0n) is 9.58. The van der Waals surface area contributed by atoms with E-state index in [4.69, 9.17) is 0 Å². The van der Waals surface area contributed by atoms with E-state index in [-0.39, 0.29) is 0 Å². The van der Waals surface area contributed by atoms with Crippen molar-refractivity contribution in [2.45, 2.75) is 25.4 Å². The summed E-state index contributed by atoms with van der Waals surface area (Å²) < 4.78 is 1.98. The molecule has 0 amide bonds. The smallest absolute Gasteiger partial charge is 0.0916 e. The predicted octanol–water partition coefficient (Wildman–Crippen LogP) is 1.09. The van der Waals surface area contributed by atoms with Gasteiger partial charge in [0.15, 0.2) is 0 Å². The zero-order valence-corrected chi connectivity index (χ0v) is 9.58. The first-order chi connectivity index (χ1) is 8.42. The average Bonchev–Trinajstić information content (AvgIpc) is 3.02. The third kappa shape index (κ3) is 2.34. The van der Waals surface area contributed by atoms with Gasteiger partial charge in [0.05, 0.1) is 24.6 Å². The van der Waals surface area contributed by atoms with Crippen molar-refractivity contribution >= 4 is 0 Å². The molecule has 1 N–H and O–H groups in total. The van der Waals surface area contributed by atoms with Crippen LogP contribution in [0.3, 0.4) is 0 Å². The van der Waals surface area contributed by atoms with Gasteiger partial charge in [0.1, 0.15) is 0 Å². The van der Waals surface area contributed by atoms with Gasteiger partial charge in [0, 0.05) is 30.2 Å². The maximum absolute atomic E-state index is 4.36. The highest BCUT2D eigenvalue weighted by Crippen LogP contribution is 2.15. The first kappa shape index (κ1) is 10.4. The van der Waals surface area contributed by atoms with Crippen LogP contribution < -0.4 is 5.32 Å². The van der Waals surface area contributed by atoms with Gasteiger partial charge in [-0.3, -0.25) is 14.6 Å². The highest BCUT2D eigenvalue weighted by molar-refractivity contribution is 5.55. The number of hydrogen-bond acceptors (Lipinski definition) is 4. The van der Waals surface area contributed by atoms with E-state index in [0.717, 1.165) is 24.3 Å². The number of aromatic nitrogens is 4. The Morgan fingerprint density at radius 3 is 3.12 bits per heavy atom. The van der Waals surface area contributed by atoms with Crippen LogP contribution in [0.15, 0.2) is 31.0 Å². The molecular weight excluding hydrogens is 214 g/mol. The molecule has 17 heavy (non-hydrogen) atoms. The number of nitrogens with zero attached hydrogens (tertiary/aromatic N) is 4. The number of nitrogens with one attached hydrogen (secondary N) is 1. The van der Waals surface area contributed by atoms with E-state index in [1.165, 1.54) is 12.8 Å². The van der Waals surface area contributed by atoms with Crippen molar-refractivity contribution in [3.05, 3.63) is 31.0 Å². The molecule has 1 aliphatic heterocycles. The number of rotatable bonds is 3. The van der Waals surface area contributed by atoms with Crippen LogP contribution in [0.1, 0.15) is 12.8 Å². The van der Waals surface area contributed by atoms with E-state index in [0.29, 0.717) is 6.04 Å². The summed E-state index contributed by atoms with van der Waals surface area (Å²) in [6.45, 7) is 2.06. The van der Waals surface area contributed by atoms with E-state index in [1.54, 1.807) is 18.6 Å². The van der Waals surface area contributed by atoms with Crippen molar-refractivity contribution < 1.29 is 0 Å². The topological polar surface area (TPSA) is 55.6 Å². The molecule has 3 heterocycles. The summed E-state index contributed by atoms with van der Waals surface area (Å²) in [5.41, 5.74) is 1.90. The van der Waals surface area contributed by atoms with Crippen molar-refractivity contribution in [3.63, 3.8) is 0 Å². The second kappa shape index (κ2) is 4.63. The second-order valence-electron chi connectivity index (χ2n) is 4.33. The summed E-state index contributed by atoms with van der Waals surface area (Å²) in [6.07, 6.45) is 11.5. The lowest BCUT2D eigenvalue weighted by Gasteiger charge is -2.09. The fraction of sp³-hybridized carbons (Fsp3) is 0.417. The minimum Gasteiger partial charge on any atom is -0.312 e. The molecule has 0 aromatic carbocycles. The molecule has 1 atom stereocenters. The average molecular weight is 229 g/mol. The summed E-state index contributed by atoms with van der Waals surface area (Å²) in [5, 5.41) is 7.83. The highest BCUT2D eigenvalue weighted by atomic mass is 15.3. The molecule has 5 heteroatoms. The lowest BCUT2D eigenvalue weighted by Crippen LogP contribution is -2.26.